The number of aromatic nitrogens is 2. The molecule has 0 spiro atoms. The summed E-state index contributed by atoms with van der Waals surface area (Å²) in [6.07, 6.45) is 1.92. The first-order valence-electron chi connectivity index (χ1n) is 21.2. The van der Waals surface area contributed by atoms with Crippen molar-refractivity contribution in [3.63, 3.8) is 0 Å². The molecule has 0 saturated carbocycles. The molecule has 61 heavy (non-hydrogen) atoms. The monoisotopic (exact) mass is 794 g/mol. The van der Waals surface area contributed by atoms with E-state index in [4.69, 9.17) is 9.72 Å². The summed E-state index contributed by atoms with van der Waals surface area (Å²) in [5.74, 6) is 2.43. The van der Waals surface area contributed by atoms with Crippen LogP contribution >= 0.6 is 0 Å². The summed E-state index contributed by atoms with van der Waals surface area (Å²) < 4.78 is 9.09. The zero-order valence-electron chi connectivity index (χ0n) is 35.7. The molecule has 0 radical (unpaired) electrons. The molecule has 1 aliphatic heterocycles. The molecule has 0 N–H and O–H groups in total. The molecule has 2 aromatic heterocycles. The molecule has 5 nitrogen and oxygen atoms in total. The minimum atomic E-state index is -0.0197. The second-order valence-electron chi connectivity index (χ2n) is 18.2. The van der Waals surface area contributed by atoms with Crippen LogP contribution in [0.25, 0.3) is 49.9 Å². The molecule has 3 heterocycles. The van der Waals surface area contributed by atoms with Crippen LogP contribution in [0.4, 0.5) is 22.7 Å². The van der Waals surface area contributed by atoms with Gasteiger partial charge in [-0.3, -0.25) is 4.57 Å². The third kappa shape index (κ3) is 7.00. The van der Waals surface area contributed by atoms with Crippen molar-refractivity contribution in [3.8, 4) is 39.6 Å². The molecule has 0 saturated heterocycles. The van der Waals surface area contributed by atoms with Crippen molar-refractivity contribution in [1.29, 1.82) is 0 Å². The summed E-state index contributed by atoms with van der Waals surface area (Å²) in [5.41, 5.74) is 14.0. The molecule has 1 aliphatic rings. The van der Waals surface area contributed by atoms with Gasteiger partial charge in [-0.05, 0) is 87.7 Å². The van der Waals surface area contributed by atoms with Crippen LogP contribution in [0, 0.1) is 0 Å². The number of hydrogen-bond donors (Lipinski definition) is 0. The Morgan fingerprint density at radius 2 is 1.13 bits per heavy atom. The van der Waals surface area contributed by atoms with Crippen LogP contribution in [0.3, 0.4) is 0 Å². The Labute approximate surface area is 359 Å². The number of hydrogen-bond acceptors (Lipinski definition) is 4. The van der Waals surface area contributed by atoms with Crippen LogP contribution in [-0.2, 0) is 10.8 Å². The highest BCUT2D eigenvalue weighted by molar-refractivity contribution is 6.09. The number of fused-ring (bicyclic) bond motifs is 4. The van der Waals surface area contributed by atoms with E-state index in [-0.39, 0.29) is 10.8 Å². The molecule has 0 fully saturated rings. The van der Waals surface area contributed by atoms with Crippen LogP contribution in [0.1, 0.15) is 52.7 Å². The van der Waals surface area contributed by atoms with Gasteiger partial charge in [-0.25, -0.2) is 4.98 Å². The Bertz CT molecular complexity index is 3060. The number of ether oxygens (including phenoxy) is 1. The lowest BCUT2D eigenvalue weighted by Crippen LogP contribution is -2.25. The van der Waals surface area contributed by atoms with Crippen molar-refractivity contribution in [2.75, 3.05) is 16.5 Å². The predicted molar refractivity (Wildman–Crippen MR) is 255 cm³/mol. The van der Waals surface area contributed by atoms with E-state index in [0.29, 0.717) is 6.67 Å². The maximum atomic E-state index is 6.82. The van der Waals surface area contributed by atoms with Crippen LogP contribution < -0.4 is 14.5 Å². The van der Waals surface area contributed by atoms with Crippen LogP contribution in [0.5, 0.6) is 11.5 Å². The zero-order valence-corrected chi connectivity index (χ0v) is 35.7. The fourth-order valence-corrected chi connectivity index (χ4v) is 8.79. The summed E-state index contributed by atoms with van der Waals surface area (Å²) in [4.78, 5) is 9.82. The first kappa shape index (κ1) is 38.1. The van der Waals surface area contributed by atoms with Gasteiger partial charge in [0.1, 0.15) is 24.0 Å². The molecule has 0 amide bonds. The minimum absolute atomic E-state index is 0.00880. The van der Waals surface area contributed by atoms with Gasteiger partial charge in [0.15, 0.2) is 0 Å². The van der Waals surface area contributed by atoms with Crippen molar-refractivity contribution in [3.05, 3.63) is 193 Å². The number of anilines is 4. The van der Waals surface area contributed by atoms with Gasteiger partial charge < -0.3 is 14.5 Å². The lowest BCUT2D eigenvalue weighted by molar-refractivity contribution is 0.483. The molecule has 0 atom stereocenters. The smallest absolute Gasteiger partial charge is 0.137 e. The average molecular weight is 795 g/mol. The topological polar surface area (TPSA) is 33.5 Å². The van der Waals surface area contributed by atoms with Gasteiger partial charge >= 0.3 is 0 Å². The second-order valence-corrected chi connectivity index (χ2v) is 18.2. The number of para-hydroxylation sites is 2. The van der Waals surface area contributed by atoms with Crippen molar-refractivity contribution in [2.45, 2.75) is 52.4 Å². The number of pyridine rings is 1. The summed E-state index contributed by atoms with van der Waals surface area (Å²) in [5, 5.41) is 2.34. The van der Waals surface area contributed by atoms with Gasteiger partial charge in [-0.15, -0.1) is 0 Å². The fourth-order valence-electron chi connectivity index (χ4n) is 8.79. The highest BCUT2D eigenvalue weighted by Crippen LogP contribution is 2.52. The zero-order chi connectivity index (χ0) is 41.9. The summed E-state index contributed by atoms with van der Waals surface area (Å²) >= 11 is 0. The van der Waals surface area contributed by atoms with E-state index in [1.807, 2.05) is 6.20 Å². The Morgan fingerprint density at radius 1 is 0.475 bits per heavy atom. The van der Waals surface area contributed by atoms with E-state index in [2.05, 4.69) is 232 Å². The van der Waals surface area contributed by atoms with E-state index in [0.717, 1.165) is 39.4 Å². The third-order valence-electron chi connectivity index (χ3n) is 12.0. The molecule has 0 unspecified atom stereocenters. The molecule has 10 rings (SSSR count). The van der Waals surface area contributed by atoms with Crippen molar-refractivity contribution < 1.29 is 4.74 Å². The number of nitrogens with zero attached hydrogens (tertiary/aromatic N) is 4. The quantitative estimate of drug-likeness (QED) is 0.161. The molecule has 5 heteroatoms. The van der Waals surface area contributed by atoms with Gasteiger partial charge in [0.25, 0.3) is 0 Å². The van der Waals surface area contributed by atoms with Gasteiger partial charge in [0.2, 0.25) is 0 Å². The standard InChI is InChI=1S/C56H50N4O/c1-55(2,3)40-27-29-45(38-17-9-7-10-18-38)51(33-40)59-37-58(54-46(24-16-26-50(54)59)39-19-11-8-12-20-39)42-21-15-22-43(35-42)61-44-28-30-48-47-23-13-14-25-49(47)60(52(48)36-44)53-34-41(31-32-57-53)56(4,5)6/h7-36H,37H2,1-6H3. The highest BCUT2D eigenvalue weighted by atomic mass is 16.5. The maximum absolute atomic E-state index is 6.82. The molecule has 0 aliphatic carbocycles. The van der Waals surface area contributed by atoms with E-state index in [1.165, 1.54) is 55.8 Å². The molecule has 0 bridgehead atoms. The Hall–Kier alpha value is -7.11. The van der Waals surface area contributed by atoms with E-state index < -0.39 is 0 Å². The molecule has 9 aromatic rings. The molecular formula is C56H50N4O. The maximum Gasteiger partial charge on any atom is 0.137 e. The van der Waals surface area contributed by atoms with Crippen molar-refractivity contribution in [2.24, 2.45) is 0 Å². The van der Waals surface area contributed by atoms with Crippen LogP contribution in [0.2, 0.25) is 0 Å². The predicted octanol–water partition coefficient (Wildman–Crippen LogP) is 15.1. The van der Waals surface area contributed by atoms with Gasteiger partial charge in [-0.2, -0.15) is 0 Å². The lowest BCUT2D eigenvalue weighted by Gasteiger charge is -2.27. The number of rotatable bonds is 7. The normalized spacial score (nSPS) is 13.0. The second kappa shape index (κ2) is 14.9. The Balaban J connectivity index is 1.08. The number of benzene rings is 7. The third-order valence-corrected chi connectivity index (χ3v) is 12.0. The van der Waals surface area contributed by atoms with Gasteiger partial charge in [-0.1, -0.05) is 151 Å². The van der Waals surface area contributed by atoms with Crippen LogP contribution in [-0.4, -0.2) is 16.2 Å². The van der Waals surface area contributed by atoms with Crippen molar-refractivity contribution >= 4 is 44.6 Å². The first-order chi connectivity index (χ1) is 29.5. The highest BCUT2D eigenvalue weighted by Gasteiger charge is 2.33. The SMILES string of the molecule is CC(C)(C)c1ccnc(-n2c3ccccc3c3ccc(Oc4cccc(N5CN(c6cc(C(C)(C)C)ccc6-c6ccccc6)c6cccc(-c7ccccc7)c65)c4)cc32)c1. The average Bonchev–Trinajstić information content (AvgIpc) is 3.83. The van der Waals surface area contributed by atoms with Gasteiger partial charge in [0, 0.05) is 45.9 Å². The Kier molecular flexibility index (Phi) is 9.29. The van der Waals surface area contributed by atoms with Crippen molar-refractivity contribution in [1.82, 2.24) is 9.55 Å². The summed E-state index contributed by atoms with van der Waals surface area (Å²) in [6, 6.07) is 63.0. The lowest BCUT2D eigenvalue weighted by atomic mass is 9.85. The minimum Gasteiger partial charge on any atom is -0.457 e. The van der Waals surface area contributed by atoms with E-state index in [9.17, 15) is 0 Å². The molecule has 7 aromatic carbocycles. The molecular weight excluding hydrogens is 745 g/mol. The summed E-state index contributed by atoms with van der Waals surface area (Å²) in [7, 11) is 0. The van der Waals surface area contributed by atoms with Gasteiger partial charge in [0.05, 0.1) is 28.1 Å². The first-order valence-corrected chi connectivity index (χ1v) is 21.2. The van der Waals surface area contributed by atoms with E-state index in [1.54, 1.807) is 0 Å². The van der Waals surface area contributed by atoms with E-state index >= 15 is 0 Å². The van der Waals surface area contributed by atoms with Crippen LogP contribution in [0.15, 0.2) is 182 Å². The Morgan fingerprint density at radius 3 is 1.89 bits per heavy atom. The fraction of sp³-hybridized carbons (Fsp3) is 0.161. The summed E-state index contributed by atoms with van der Waals surface area (Å²) in [6.45, 7) is 14.2. The molecule has 300 valence electrons. The largest absolute Gasteiger partial charge is 0.457 e.